The molecule has 0 saturated heterocycles. The molecule has 0 aliphatic carbocycles. The number of hydrogen-bond acceptors (Lipinski definition) is 2. The SMILES string of the molecule is CCC(C)(CC)C(=O)c1ccc2cc(O)ccc2c1. The number of hydrogen-bond donors (Lipinski definition) is 1. The Morgan fingerprint density at radius 2 is 1.63 bits per heavy atom. The molecule has 0 bridgehead atoms. The van der Waals surface area contributed by atoms with Crippen molar-refractivity contribution in [2.75, 3.05) is 0 Å². The number of Topliss-reactive ketones (excluding diaryl/α,β-unsaturated/α-hetero) is 1. The highest BCUT2D eigenvalue weighted by atomic mass is 16.3. The van der Waals surface area contributed by atoms with Crippen LogP contribution in [0.3, 0.4) is 0 Å². The van der Waals surface area contributed by atoms with Gasteiger partial charge in [0.15, 0.2) is 5.78 Å². The van der Waals surface area contributed by atoms with Crippen molar-refractivity contribution in [3.8, 4) is 5.75 Å². The Hall–Kier alpha value is -1.83. The Morgan fingerprint density at radius 1 is 1.05 bits per heavy atom. The normalized spacial score (nSPS) is 11.7. The van der Waals surface area contributed by atoms with E-state index in [1.165, 1.54) is 0 Å². The standard InChI is InChI=1S/C17H20O2/c1-4-17(3,5-2)16(19)14-7-6-13-11-15(18)9-8-12(13)10-14/h6-11,18H,4-5H2,1-3H3. The van der Waals surface area contributed by atoms with Gasteiger partial charge in [0.05, 0.1) is 0 Å². The quantitative estimate of drug-likeness (QED) is 0.814. The molecule has 2 aromatic rings. The third-order valence-corrected chi connectivity index (χ3v) is 4.19. The smallest absolute Gasteiger partial charge is 0.168 e. The summed E-state index contributed by atoms with van der Waals surface area (Å²) in [7, 11) is 0. The maximum atomic E-state index is 12.6. The van der Waals surface area contributed by atoms with Crippen molar-refractivity contribution in [1.29, 1.82) is 0 Å². The van der Waals surface area contributed by atoms with Gasteiger partial charge in [-0.1, -0.05) is 39.0 Å². The molecule has 19 heavy (non-hydrogen) atoms. The van der Waals surface area contributed by atoms with E-state index in [1.54, 1.807) is 12.1 Å². The first-order valence-electron chi connectivity index (χ1n) is 6.78. The number of aromatic hydroxyl groups is 1. The van der Waals surface area contributed by atoms with Gasteiger partial charge in [0, 0.05) is 11.0 Å². The van der Waals surface area contributed by atoms with Crippen LogP contribution in [0.25, 0.3) is 10.8 Å². The number of carbonyl (C=O) groups is 1. The summed E-state index contributed by atoms with van der Waals surface area (Å²) in [4.78, 5) is 12.6. The van der Waals surface area contributed by atoms with Gasteiger partial charge in [0.1, 0.15) is 5.75 Å². The van der Waals surface area contributed by atoms with Crippen LogP contribution in [0.2, 0.25) is 0 Å². The van der Waals surface area contributed by atoms with Crippen LogP contribution in [-0.2, 0) is 0 Å². The van der Waals surface area contributed by atoms with Crippen molar-refractivity contribution in [2.24, 2.45) is 5.41 Å². The van der Waals surface area contributed by atoms with Crippen LogP contribution in [-0.4, -0.2) is 10.9 Å². The fraction of sp³-hybridized carbons (Fsp3) is 0.353. The molecule has 0 aliphatic rings. The minimum Gasteiger partial charge on any atom is -0.508 e. The molecule has 100 valence electrons. The van der Waals surface area contributed by atoms with E-state index in [0.29, 0.717) is 0 Å². The number of fused-ring (bicyclic) bond motifs is 1. The zero-order chi connectivity index (χ0) is 14.0. The molecule has 2 nitrogen and oxygen atoms in total. The molecule has 0 aliphatic heterocycles. The van der Waals surface area contributed by atoms with Crippen LogP contribution < -0.4 is 0 Å². The first kappa shape index (κ1) is 13.6. The van der Waals surface area contributed by atoms with Gasteiger partial charge in [-0.05, 0) is 41.8 Å². The van der Waals surface area contributed by atoms with E-state index in [-0.39, 0.29) is 16.9 Å². The van der Waals surface area contributed by atoms with Gasteiger partial charge in [-0.3, -0.25) is 4.79 Å². The monoisotopic (exact) mass is 256 g/mol. The predicted molar refractivity (Wildman–Crippen MR) is 78.6 cm³/mol. The number of carbonyl (C=O) groups excluding carboxylic acids is 1. The zero-order valence-corrected chi connectivity index (χ0v) is 11.7. The van der Waals surface area contributed by atoms with Gasteiger partial charge in [0.2, 0.25) is 0 Å². The molecular formula is C17H20O2. The summed E-state index contributed by atoms with van der Waals surface area (Å²) in [5.41, 5.74) is 0.467. The minimum atomic E-state index is -0.287. The van der Waals surface area contributed by atoms with Gasteiger partial charge in [0.25, 0.3) is 0 Å². The molecule has 0 radical (unpaired) electrons. The van der Waals surface area contributed by atoms with Crippen molar-refractivity contribution >= 4 is 16.6 Å². The van der Waals surface area contributed by atoms with Crippen molar-refractivity contribution in [1.82, 2.24) is 0 Å². The molecule has 1 N–H and O–H groups in total. The minimum absolute atomic E-state index is 0.201. The van der Waals surface area contributed by atoms with Crippen molar-refractivity contribution < 1.29 is 9.90 Å². The molecular weight excluding hydrogens is 236 g/mol. The number of phenols is 1. The Balaban J connectivity index is 2.46. The molecule has 2 aromatic carbocycles. The summed E-state index contributed by atoms with van der Waals surface area (Å²) in [5.74, 6) is 0.450. The van der Waals surface area contributed by atoms with Gasteiger partial charge in [-0.25, -0.2) is 0 Å². The molecule has 0 fully saturated rings. The van der Waals surface area contributed by atoms with E-state index in [2.05, 4.69) is 13.8 Å². The molecule has 0 atom stereocenters. The number of ketones is 1. The van der Waals surface area contributed by atoms with Crippen LogP contribution in [0.15, 0.2) is 36.4 Å². The van der Waals surface area contributed by atoms with Crippen LogP contribution in [0.5, 0.6) is 5.75 Å². The fourth-order valence-electron chi connectivity index (χ4n) is 2.29. The molecule has 2 rings (SSSR count). The van der Waals surface area contributed by atoms with E-state index in [4.69, 9.17) is 0 Å². The molecule has 0 spiro atoms. The summed E-state index contributed by atoms with van der Waals surface area (Å²) in [6.07, 6.45) is 1.69. The molecule has 2 heteroatoms. The summed E-state index contributed by atoms with van der Waals surface area (Å²) < 4.78 is 0. The van der Waals surface area contributed by atoms with Gasteiger partial charge in [-0.15, -0.1) is 0 Å². The molecule has 0 aromatic heterocycles. The lowest BCUT2D eigenvalue weighted by molar-refractivity contribution is 0.0803. The Labute approximate surface area is 114 Å². The van der Waals surface area contributed by atoms with Crippen LogP contribution in [0.4, 0.5) is 0 Å². The summed E-state index contributed by atoms with van der Waals surface area (Å²) in [5, 5.41) is 11.4. The highest BCUT2D eigenvalue weighted by molar-refractivity contribution is 6.03. The van der Waals surface area contributed by atoms with Crippen LogP contribution in [0, 0.1) is 5.41 Å². The first-order valence-corrected chi connectivity index (χ1v) is 6.78. The van der Waals surface area contributed by atoms with Gasteiger partial charge < -0.3 is 5.11 Å². The lowest BCUT2D eigenvalue weighted by Crippen LogP contribution is -2.26. The van der Waals surface area contributed by atoms with E-state index in [1.807, 2.05) is 31.2 Å². The number of phenolic OH excluding ortho intramolecular Hbond substituents is 1. The largest absolute Gasteiger partial charge is 0.508 e. The lowest BCUT2D eigenvalue weighted by Gasteiger charge is -2.25. The third-order valence-electron chi connectivity index (χ3n) is 4.19. The average Bonchev–Trinajstić information content (AvgIpc) is 2.45. The topological polar surface area (TPSA) is 37.3 Å². The average molecular weight is 256 g/mol. The Morgan fingerprint density at radius 3 is 2.26 bits per heavy atom. The van der Waals surface area contributed by atoms with Crippen LogP contribution >= 0.6 is 0 Å². The predicted octanol–water partition coefficient (Wildman–Crippen LogP) is 4.55. The van der Waals surface area contributed by atoms with E-state index >= 15 is 0 Å². The molecule has 0 saturated carbocycles. The maximum absolute atomic E-state index is 12.6. The number of rotatable bonds is 4. The highest BCUT2D eigenvalue weighted by Crippen LogP contribution is 2.31. The van der Waals surface area contributed by atoms with Gasteiger partial charge in [-0.2, -0.15) is 0 Å². The molecule has 0 amide bonds. The van der Waals surface area contributed by atoms with E-state index in [0.717, 1.165) is 29.2 Å². The zero-order valence-electron chi connectivity index (χ0n) is 11.7. The van der Waals surface area contributed by atoms with Crippen molar-refractivity contribution in [2.45, 2.75) is 33.6 Å². The van der Waals surface area contributed by atoms with E-state index < -0.39 is 0 Å². The second-order valence-corrected chi connectivity index (χ2v) is 5.34. The highest BCUT2D eigenvalue weighted by Gasteiger charge is 2.29. The van der Waals surface area contributed by atoms with Crippen molar-refractivity contribution in [3.63, 3.8) is 0 Å². The molecule has 0 unspecified atom stereocenters. The number of benzene rings is 2. The Kier molecular flexibility index (Phi) is 3.61. The summed E-state index contributed by atoms with van der Waals surface area (Å²) in [6, 6.07) is 10.9. The summed E-state index contributed by atoms with van der Waals surface area (Å²) >= 11 is 0. The Bertz CT molecular complexity index is 610. The van der Waals surface area contributed by atoms with Crippen LogP contribution in [0.1, 0.15) is 44.0 Å². The third kappa shape index (κ3) is 2.48. The molecule has 0 heterocycles. The first-order chi connectivity index (χ1) is 9.00. The maximum Gasteiger partial charge on any atom is 0.168 e. The second-order valence-electron chi connectivity index (χ2n) is 5.34. The second kappa shape index (κ2) is 5.04. The van der Waals surface area contributed by atoms with Crippen molar-refractivity contribution in [3.05, 3.63) is 42.0 Å². The van der Waals surface area contributed by atoms with Gasteiger partial charge >= 0.3 is 0 Å². The lowest BCUT2D eigenvalue weighted by atomic mass is 9.77. The fourth-order valence-corrected chi connectivity index (χ4v) is 2.29. The summed E-state index contributed by atoms with van der Waals surface area (Å²) in [6.45, 7) is 6.14. The van der Waals surface area contributed by atoms with E-state index in [9.17, 15) is 9.90 Å².